The fourth-order valence-corrected chi connectivity index (χ4v) is 2.35. The first-order valence-corrected chi connectivity index (χ1v) is 6.09. The third-order valence-electron chi connectivity index (χ3n) is 1.68. The molecule has 0 bridgehead atoms. The van der Waals surface area contributed by atoms with Crippen LogP contribution in [-0.2, 0) is 14.8 Å². The Morgan fingerprint density at radius 1 is 1.50 bits per heavy atom. The molecule has 0 amide bonds. The Balaban J connectivity index is 4.39. The molecular weight excluding hydrogens is 202 g/mol. The van der Waals surface area contributed by atoms with Crippen molar-refractivity contribution in [2.24, 2.45) is 0 Å². The summed E-state index contributed by atoms with van der Waals surface area (Å²) in [6.07, 6.45) is 5.86. The molecule has 0 aromatic rings. The first-order chi connectivity index (χ1) is 6.58. The van der Waals surface area contributed by atoms with E-state index in [9.17, 15) is 8.42 Å². The molecule has 0 spiro atoms. The van der Waals surface area contributed by atoms with E-state index in [0.717, 1.165) is 6.42 Å². The zero-order chi connectivity index (χ0) is 11.0. The summed E-state index contributed by atoms with van der Waals surface area (Å²) in [4.78, 5) is 0. The van der Waals surface area contributed by atoms with E-state index >= 15 is 0 Å². The van der Waals surface area contributed by atoms with E-state index < -0.39 is 10.0 Å². The van der Waals surface area contributed by atoms with Gasteiger partial charge in [0.2, 0.25) is 10.0 Å². The van der Waals surface area contributed by atoms with E-state index in [-0.39, 0.29) is 18.9 Å². The van der Waals surface area contributed by atoms with Gasteiger partial charge >= 0.3 is 0 Å². The monoisotopic (exact) mass is 219 g/mol. The van der Waals surface area contributed by atoms with E-state index in [4.69, 9.17) is 11.2 Å². The van der Waals surface area contributed by atoms with Crippen molar-refractivity contribution < 1.29 is 13.2 Å². The van der Waals surface area contributed by atoms with Crippen molar-refractivity contribution in [3.8, 4) is 12.3 Å². The smallest absolute Gasteiger partial charge is 0.217 e. The van der Waals surface area contributed by atoms with Gasteiger partial charge < -0.3 is 4.74 Å². The topological polar surface area (TPSA) is 46.6 Å². The van der Waals surface area contributed by atoms with E-state index in [2.05, 4.69) is 5.92 Å². The molecule has 0 saturated carbocycles. The molecule has 0 rings (SSSR count). The lowest BCUT2D eigenvalue weighted by molar-refractivity contribution is 0.215. The zero-order valence-corrected chi connectivity index (χ0v) is 9.51. The van der Waals surface area contributed by atoms with Crippen molar-refractivity contribution in [1.82, 2.24) is 4.31 Å². The molecule has 5 heteroatoms. The van der Waals surface area contributed by atoms with Crippen LogP contribution in [0.5, 0.6) is 0 Å². The van der Waals surface area contributed by atoms with Gasteiger partial charge in [0.05, 0.1) is 18.9 Å². The van der Waals surface area contributed by atoms with Crippen LogP contribution in [0.3, 0.4) is 0 Å². The van der Waals surface area contributed by atoms with Gasteiger partial charge in [-0.15, -0.1) is 6.42 Å². The standard InChI is InChI=1S/C9H17NO3S/c1-4-6-10(7-5-2)14(11,12)9-8-13-3/h1H,5-9H2,2-3H3. The number of methoxy groups -OCH3 is 1. The van der Waals surface area contributed by atoms with Gasteiger partial charge in [-0.2, -0.15) is 4.31 Å². The molecule has 0 atom stereocenters. The Morgan fingerprint density at radius 2 is 2.14 bits per heavy atom. The van der Waals surface area contributed by atoms with Crippen LogP contribution >= 0.6 is 0 Å². The van der Waals surface area contributed by atoms with Crippen molar-refractivity contribution in [2.45, 2.75) is 13.3 Å². The van der Waals surface area contributed by atoms with Gasteiger partial charge in [-0.25, -0.2) is 8.42 Å². The van der Waals surface area contributed by atoms with E-state index in [1.807, 2.05) is 6.92 Å². The van der Waals surface area contributed by atoms with Crippen LogP contribution in [0, 0.1) is 12.3 Å². The van der Waals surface area contributed by atoms with Gasteiger partial charge in [0, 0.05) is 13.7 Å². The van der Waals surface area contributed by atoms with Gasteiger partial charge in [0.1, 0.15) is 0 Å². The number of hydrogen-bond donors (Lipinski definition) is 0. The largest absolute Gasteiger partial charge is 0.384 e. The predicted octanol–water partition coefficient (Wildman–Crippen LogP) is 0.308. The number of ether oxygens (including phenoxy) is 1. The Kier molecular flexibility index (Phi) is 6.54. The fraction of sp³-hybridized carbons (Fsp3) is 0.778. The van der Waals surface area contributed by atoms with Crippen LogP contribution < -0.4 is 0 Å². The summed E-state index contributed by atoms with van der Waals surface area (Å²) in [7, 11) is -1.77. The summed E-state index contributed by atoms with van der Waals surface area (Å²) in [5.74, 6) is 2.33. The van der Waals surface area contributed by atoms with Gasteiger partial charge in [-0.3, -0.25) is 0 Å². The third-order valence-corrected chi connectivity index (χ3v) is 3.46. The van der Waals surface area contributed by atoms with Crippen molar-refractivity contribution in [3.63, 3.8) is 0 Å². The number of nitrogens with zero attached hydrogens (tertiary/aromatic N) is 1. The average Bonchev–Trinajstić information content (AvgIpc) is 2.14. The molecule has 0 aliphatic carbocycles. The van der Waals surface area contributed by atoms with E-state index in [0.29, 0.717) is 6.54 Å². The number of hydrogen-bond acceptors (Lipinski definition) is 3. The molecule has 0 unspecified atom stereocenters. The molecular formula is C9H17NO3S. The molecule has 4 nitrogen and oxygen atoms in total. The molecule has 0 radical (unpaired) electrons. The Labute approximate surface area is 86.3 Å². The summed E-state index contributed by atoms with van der Waals surface area (Å²) >= 11 is 0. The van der Waals surface area contributed by atoms with Crippen LogP contribution in [-0.4, -0.2) is 45.3 Å². The molecule has 0 fully saturated rings. The molecule has 82 valence electrons. The summed E-state index contributed by atoms with van der Waals surface area (Å²) in [5, 5.41) is 0. The summed E-state index contributed by atoms with van der Waals surface area (Å²) in [6.45, 7) is 2.72. The second-order valence-corrected chi connectivity index (χ2v) is 4.93. The van der Waals surface area contributed by atoms with Crippen molar-refractivity contribution in [2.75, 3.05) is 32.6 Å². The fourth-order valence-electron chi connectivity index (χ4n) is 0.985. The minimum atomic E-state index is -3.24. The average molecular weight is 219 g/mol. The number of sulfonamides is 1. The Bertz CT molecular complexity index is 279. The summed E-state index contributed by atoms with van der Waals surface area (Å²) < 4.78 is 29.3. The molecule has 0 heterocycles. The van der Waals surface area contributed by atoms with Crippen molar-refractivity contribution in [3.05, 3.63) is 0 Å². The minimum Gasteiger partial charge on any atom is -0.384 e. The quantitative estimate of drug-likeness (QED) is 0.579. The van der Waals surface area contributed by atoms with Crippen LogP contribution in [0.25, 0.3) is 0 Å². The molecule has 0 aliphatic heterocycles. The van der Waals surface area contributed by atoms with Crippen LogP contribution in [0.15, 0.2) is 0 Å². The molecule has 0 aromatic heterocycles. The molecule has 0 aliphatic rings. The van der Waals surface area contributed by atoms with Crippen LogP contribution in [0.2, 0.25) is 0 Å². The second-order valence-electron chi connectivity index (χ2n) is 2.85. The maximum atomic E-state index is 11.6. The lowest BCUT2D eigenvalue weighted by atomic mass is 10.5. The van der Waals surface area contributed by atoms with Gasteiger partial charge in [0.15, 0.2) is 0 Å². The molecule has 0 saturated heterocycles. The highest BCUT2D eigenvalue weighted by Crippen LogP contribution is 2.02. The van der Waals surface area contributed by atoms with E-state index in [1.54, 1.807) is 0 Å². The normalized spacial score (nSPS) is 11.6. The zero-order valence-electron chi connectivity index (χ0n) is 8.69. The summed E-state index contributed by atoms with van der Waals surface area (Å²) in [5.41, 5.74) is 0. The van der Waals surface area contributed by atoms with Crippen molar-refractivity contribution in [1.29, 1.82) is 0 Å². The molecule has 0 aromatic carbocycles. The second kappa shape index (κ2) is 6.82. The first-order valence-electron chi connectivity index (χ1n) is 4.48. The van der Waals surface area contributed by atoms with Gasteiger partial charge in [-0.05, 0) is 6.42 Å². The molecule has 14 heavy (non-hydrogen) atoms. The molecule has 0 N–H and O–H groups in total. The first kappa shape index (κ1) is 13.4. The highest BCUT2D eigenvalue weighted by molar-refractivity contribution is 7.89. The highest BCUT2D eigenvalue weighted by Gasteiger charge is 2.19. The minimum absolute atomic E-state index is 0.00875. The van der Waals surface area contributed by atoms with Crippen LogP contribution in [0.1, 0.15) is 13.3 Å². The lowest BCUT2D eigenvalue weighted by Crippen LogP contribution is -2.35. The van der Waals surface area contributed by atoms with Gasteiger partial charge in [-0.1, -0.05) is 12.8 Å². The summed E-state index contributed by atoms with van der Waals surface area (Å²) in [6, 6.07) is 0. The van der Waals surface area contributed by atoms with Crippen LogP contribution in [0.4, 0.5) is 0 Å². The maximum absolute atomic E-state index is 11.6. The third kappa shape index (κ3) is 4.61. The predicted molar refractivity (Wildman–Crippen MR) is 56.4 cm³/mol. The number of rotatable bonds is 7. The lowest BCUT2D eigenvalue weighted by Gasteiger charge is -2.18. The van der Waals surface area contributed by atoms with Crippen molar-refractivity contribution >= 4 is 10.0 Å². The number of terminal acetylenes is 1. The highest BCUT2D eigenvalue weighted by atomic mass is 32.2. The maximum Gasteiger partial charge on any atom is 0.217 e. The Hall–Kier alpha value is -0.570. The SMILES string of the molecule is C#CCN(CCC)S(=O)(=O)CCOC. The van der Waals surface area contributed by atoms with Gasteiger partial charge in [0.25, 0.3) is 0 Å². The Morgan fingerprint density at radius 3 is 2.57 bits per heavy atom. The van der Waals surface area contributed by atoms with E-state index in [1.165, 1.54) is 11.4 Å².